The Morgan fingerprint density at radius 3 is 2.32 bits per heavy atom. The molecule has 8 heteroatoms. The topological polar surface area (TPSA) is 44.6 Å². The fraction of sp³-hybridized carbons (Fsp3) is 0.346. The summed E-state index contributed by atoms with van der Waals surface area (Å²) in [4.78, 5) is 4.63. The van der Waals surface area contributed by atoms with Gasteiger partial charge in [-0.1, -0.05) is 66.2 Å². The summed E-state index contributed by atoms with van der Waals surface area (Å²) in [5.41, 5.74) is -2.20. The summed E-state index contributed by atoms with van der Waals surface area (Å²) in [5, 5.41) is 14.5. The predicted octanol–water partition coefficient (Wildman–Crippen LogP) is 6.97. The molecule has 0 fully saturated rings. The van der Waals surface area contributed by atoms with Crippen LogP contribution in [0.4, 0.5) is 17.6 Å². The van der Waals surface area contributed by atoms with E-state index in [2.05, 4.69) is 16.9 Å². The summed E-state index contributed by atoms with van der Waals surface area (Å²) in [7, 11) is 0. The lowest BCUT2D eigenvalue weighted by Crippen LogP contribution is -2.62. The molecule has 0 saturated carbocycles. The zero-order chi connectivity index (χ0) is 25.7. The molecule has 0 aliphatic heterocycles. The molecule has 0 aliphatic carbocycles. The van der Waals surface area contributed by atoms with Crippen molar-refractivity contribution in [3.63, 3.8) is 0 Å². The minimum absolute atomic E-state index is 0.140. The van der Waals surface area contributed by atoms with Gasteiger partial charge < -0.3 is 5.11 Å². The molecule has 34 heavy (non-hydrogen) atoms. The van der Waals surface area contributed by atoms with E-state index in [1.807, 2.05) is 44.2 Å². The van der Waals surface area contributed by atoms with Gasteiger partial charge in [-0.2, -0.15) is 13.2 Å². The Kier molecular flexibility index (Phi) is 8.86. The SMILES string of the molecule is C=C(C)[C@@](Cc1ccccc1)(NC(O)c1ccc(F)c(C(F)(F)F)c1)C(C)(C)N=C/C(Cl)=C\C. The average molecular weight is 497 g/mol. The Labute approximate surface area is 202 Å². The summed E-state index contributed by atoms with van der Waals surface area (Å²) in [5.74, 6) is -1.41. The smallest absolute Gasteiger partial charge is 0.374 e. The molecule has 0 heterocycles. The van der Waals surface area contributed by atoms with Crippen LogP contribution in [0.25, 0.3) is 0 Å². The Balaban J connectivity index is 2.61. The maximum atomic E-state index is 13.8. The summed E-state index contributed by atoms with van der Waals surface area (Å²) in [6.45, 7) is 11.3. The monoisotopic (exact) mass is 496 g/mol. The average Bonchev–Trinajstić information content (AvgIpc) is 2.76. The molecule has 184 valence electrons. The Bertz CT molecular complexity index is 1060. The number of aliphatic imine (C=N–C) groups is 1. The van der Waals surface area contributed by atoms with Gasteiger partial charge >= 0.3 is 6.18 Å². The minimum atomic E-state index is -4.90. The van der Waals surface area contributed by atoms with Crippen molar-refractivity contribution in [3.05, 3.63) is 94.3 Å². The molecule has 0 spiro atoms. The molecule has 0 saturated heterocycles. The van der Waals surface area contributed by atoms with E-state index in [1.165, 1.54) is 6.21 Å². The molecule has 2 atom stereocenters. The van der Waals surface area contributed by atoms with E-state index in [4.69, 9.17) is 11.6 Å². The quantitative estimate of drug-likeness (QED) is 0.170. The van der Waals surface area contributed by atoms with Gasteiger partial charge in [0.2, 0.25) is 0 Å². The fourth-order valence-corrected chi connectivity index (χ4v) is 3.85. The molecule has 3 nitrogen and oxygen atoms in total. The largest absolute Gasteiger partial charge is 0.419 e. The summed E-state index contributed by atoms with van der Waals surface area (Å²) in [6.07, 6.45) is -3.01. The molecule has 0 aliphatic rings. The van der Waals surface area contributed by atoms with Gasteiger partial charge in [0.25, 0.3) is 0 Å². The number of alkyl halides is 3. The number of nitrogens with one attached hydrogen (secondary N) is 1. The van der Waals surface area contributed by atoms with E-state index in [9.17, 15) is 22.7 Å². The molecule has 2 rings (SSSR count). The van der Waals surface area contributed by atoms with Crippen molar-refractivity contribution in [2.45, 2.75) is 57.6 Å². The normalized spacial score (nSPS) is 15.9. The van der Waals surface area contributed by atoms with E-state index in [0.29, 0.717) is 29.2 Å². The van der Waals surface area contributed by atoms with E-state index in [0.717, 1.165) is 11.6 Å². The second kappa shape index (κ2) is 10.8. The van der Waals surface area contributed by atoms with Crippen molar-refractivity contribution in [2.24, 2.45) is 4.99 Å². The molecule has 0 amide bonds. The zero-order valence-corrected chi connectivity index (χ0v) is 20.3. The van der Waals surface area contributed by atoms with E-state index in [-0.39, 0.29) is 5.56 Å². The molecule has 2 aromatic carbocycles. The van der Waals surface area contributed by atoms with Crippen LogP contribution in [-0.2, 0) is 12.6 Å². The van der Waals surface area contributed by atoms with Crippen molar-refractivity contribution >= 4 is 17.8 Å². The van der Waals surface area contributed by atoms with Crippen LogP contribution in [0.1, 0.15) is 50.6 Å². The number of aliphatic hydroxyl groups excluding tert-OH is 1. The lowest BCUT2D eigenvalue weighted by atomic mass is 9.70. The Morgan fingerprint density at radius 2 is 1.79 bits per heavy atom. The van der Waals surface area contributed by atoms with E-state index in [1.54, 1.807) is 19.9 Å². The van der Waals surface area contributed by atoms with Gasteiger partial charge in [-0.05, 0) is 57.4 Å². The maximum absolute atomic E-state index is 13.8. The molecule has 0 aromatic heterocycles. The van der Waals surface area contributed by atoms with Crippen LogP contribution in [0.2, 0.25) is 0 Å². The highest BCUT2D eigenvalue weighted by Crippen LogP contribution is 2.38. The van der Waals surface area contributed by atoms with Gasteiger partial charge in [-0.3, -0.25) is 10.3 Å². The highest BCUT2D eigenvalue weighted by Gasteiger charge is 2.47. The predicted molar refractivity (Wildman–Crippen MR) is 129 cm³/mol. The first kappa shape index (κ1) is 27.8. The van der Waals surface area contributed by atoms with E-state index < -0.39 is 34.9 Å². The van der Waals surface area contributed by atoms with Gasteiger partial charge in [0, 0.05) is 6.21 Å². The van der Waals surface area contributed by atoms with Gasteiger partial charge in [-0.25, -0.2) is 4.39 Å². The molecular formula is C26H29ClF4N2O. The number of allylic oxidation sites excluding steroid dienone is 2. The molecule has 2 N–H and O–H groups in total. The van der Waals surface area contributed by atoms with Gasteiger partial charge in [0.15, 0.2) is 0 Å². The van der Waals surface area contributed by atoms with Gasteiger partial charge in [-0.15, -0.1) is 0 Å². The fourth-order valence-electron chi connectivity index (χ4n) is 3.80. The number of rotatable bonds is 9. The molecule has 0 bridgehead atoms. The van der Waals surface area contributed by atoms with Crippen LogP contribution in [0.3, 0.4) is 0 Å². The first-order chi connectivity index (χ1) is 15.7. The van der Waals surface area contributed by atoms with E-state index >= 15 is 0 Å². The van der Waals surface area contributed by atoms with Crippen LogP contribution in [0.5, 0.6) is 0 Å². The van der Waals surface area contributed by atoms with Crippen molar-refractivity contribution < 1.29 is 22.7 Å². The van der Waals surface area contributed by atoms with Crippen LogP contribution >= 0.6 is 11.6 Å². The highest BCUT2D eigenvalue weighted by atomic mass is 35.5. The Morgan fingerprint density at radius 1 is 1.18 bits per heavy atom. The first-order valence-electron chi connectivity index (χ1n) is 10.6. The lowest BCUT2D eigenvalue weighted by Gasteiger charge is -2.47. The Hall–Kier alpha value is -2.48. The number of aliphatic hydroxyl groups is 1. The van der Waals surface area contributed by atoms with Crippen LogP contribution in [-0.4, -0.2) is 22.4 Å². The van der Waals surface area contributed by atoms with Gasteiger partial charge in [0.1, 0.15) is 12.0 Å². The summed E-state index contributed by atoms with van der Waals surface area (Å²) >= 11 is 6.12. The lowest BCUT2D eigenvalue weighted by molar-refractivity contribution is -0.140. The summed E-state index contributed by atoms with van der Waals surface area (Å²) < 4.78 is 53.6. The van der Waals surface area contributed by atoms with Crippen molar-refractivity contribution in [1.29, 1.82) is 0 Å². The standard InChI is InChI=1S/C26H29ClF4N2O/c1-6-20(27)16-32-24(4,5)25(17(2)3,15-18-10-8-7-9-11-18)33-23(34)19-12-13-22(28)21(14-19)26(29,30)31/h6-14,16,23,33-34H,2,15H2,1,3-5H3/b20-6+,32-16?/t23?,25-/m1/s1. The van der Waals surface area contributed by atoms with Crippen LogP contribution in [0.15, 0.2) is 76.8 Å². The van der Waals surface area contributed by atoms with Crippen LogP contribution in [0, 0.1) is 5.82 Å². The third kappa shape index (κ3) is 6.34. The third-order valence-corrected chi connectivity index (χ3v) is 6.18. The molecule has 1 unspecified atom stereocenters. The third-order valence-electron chi connectivity index (χ3n) is 5.87. The first-order valence-corrected chi connectivity index (χ1v) is 11.0. The second-order valence-corrected chi connectivity index (χ2v) is 9.06. The molecule has 2 aromatic rings. The van der Waals surface area contributed by atoms with Gasteiger partial charge in [0.05, 0.1) is 21.7 Å². The molecular weight excluding hydrogens is 468 g/mol. The number of nitrogens with zero attached hydrogens (tertiary/aromatic N) is 1. The number of hydrogen-bond donors (Lipinski definition) is 2. The van der Waals surface area contributed by atoms with Crippen LogP contribution < -0.4 is 5.32 Å². The molecule has 0 radical (unpaired) electrons. The van der Waals surface area contributed by atoms with Crippen molar-refractivity contribution in [2.75, 3.05) is 0 Å². The maximum Gasteiger partial charge on any atom is 0.419 e. The second-order valence-electron chi connectivity index (χ2n) is 8.62. The number of benzene rings is 2. The minimum Gasteiger partial charge on any atom is -0.374 e. The number of hydrogen-bond acceptors (Lipinski definition) is 3. The number of halogens is 5. The summed E-state index contributed by atoms with van der Waals surface area (Å²) in [6, 6.07) is 11.8. The van der Waals surface area contributed by atoms with Crippen molar-refractivity contribution in [3.8, 4) is 0 Å². The van der Waals surface area contributed by atoms with Crippen molar-refractivity contribution in [1.82, 2.24) is 5.32 Å². The highest BCUT2D eigenvalue weighted by molar-refractivity contribution is 6.39. The zero-order valence-electron chi connectivity index (χ0n) is 19.5.